The van der Waals surface area contributed by atoms with E-state index in [9.17, 15) is 13.9 Å². The second kappa shape index (κ2) is 7.37. The van der Waals surface area contributed by atoms with Crippen molar-refractivity contribution in [2.75, 3.05) is 23.7 Å². The van der Waals surface area contributed by atoms with Crippen molar-refractivity contribution in [1.82, 2.24) is 0 Å². The van der Waals surface area contributed by atoms with Gasteiger partial charge in [-0.1, -0.05) is 17.7 Å². The first kappa shape index (κ1) is 19.2. The van der Waals surface area contributed by atoms with E-state index in [1.54, 1.807) is 23.9 Å². The summed E-state index contributed by atoms with van der Waals surface area (Å²) in [6.07, 6.45) is 1.06. The monoisotopic (exact) mass is 405 g/mol. The highest BCUT2D eigenvalue weighted by atomic mass is 32.2. The maximum Gasteiger partial charge on any atom is 0.387 e. The van der Waals surface area contributed by atoms with Crippen LogP contribution in [0.15, 0.2) is 42.5 Å². The van der Waals surface area contributed by atoms with Gasteiger partial charge in [-0.2, -0.15) is 13.7 Å². The molecule has 2 aliphatic heterocycles. The molecule has 2 aromatic carbocycles. The summed E-state index contributed by atoms with van der Waals surface area (Å²) in [5, 5.41) is 12.9. The number of aryl methyl sites for hydroxylation is 2. The van der Waals surface area contributed by atoms with Crippen LogP contribution in [-0.4, -0.2) is 40.3 Å². The maximum atomic E-state index is 12.5. The van der Waals surface area contributed by atoms with Gasteiger partial charge in [-0.05, 0) is 67.9 Å². The minimum absolute atomic E-state index is 0.0816. The Hall–Kier alpha value is -2.12. The summed E-state index contributed by atoms with van der Waals surface area (Å²) in [7, 11) is 0. The van der Waals surface area contributed by atoms with Crippen molar-refractivity contribution in [3.63, 3.8) is 0 Å². The number of halogens is 2. The van der Waals surface area contributed by atoms with Crippen LogP contribution in [0.3, 0.4) is 0 Å². The molecule has 0 saturated heterocycles. The van der Waals surface area contributed by atoms with Crippen LogP contribution in [0.4, 0.5) is 14.5 Å². The number of ether oxygens (including phenoxy) is 1. The molecule has 1 atom stereocenters. The van der Waals surface area contributed by atoms with Crippen molar-refractivity contribution in [3.8, 4) is 5.75 Å². The Morgan fingerprint density at radius 1 is 1.18 bits per heavy atom. The number of amidine groups is 1. The fourth-order valence-electron chi connectivity index (χ4n) is 3.94. The normalized spacial score (nSPS) is 22.0. The molecule has 0 spiro atoms. The summed E-state index contributed by atoms with van der Waals surface area (Å²) >= 11 is 1.74. The van der Waals surface area contributed by atoms with Crippen molar-refractivity contribution in [2.24, 2.45) is 0 Å². The molecule has 0 bridgehead atoms. The first-order valence-electron chi connectivity index (χ1n) is 9.28. The van der Waals surface area contributed by atoms with E-state index in [1.165, 1.54) is 12.1 Å². The highest BCUT2D eigenvalue weighted by Crippen LogP contribution is 2.41. The van der Waals surface area contributed by atoms with E-state index < -0.39 is 12.3 Å². The van der Waals surface area contributed by atoms with Gasteiger partial charge in [0.05, 0.1) is 6.54 Å². The minimum Gasteiger partial charge on any atom is -0.435 e. The van der Waals surface area contributed by atoms with E-state index >= 15 is 0 Å². The standard InChI is InChI=1S/C21H23F2N2O2S/c1-14-4-9-18(15(2)12-14)25-20-24(10-3-11-28-20)13-21(25,26)16-5-7-17(8-6-16)27-19(22)23/h4-9,12,19,26H,3,10-11,13H2,1-2H3/q+1/t21-/m1/s1. The number of aliphatic hydroxyl groups is 1. The summed E-state index contributed by atoms with van der Waals surface area (Å²) < 4.78 is 31.6. The van der Waals surface area contributed by atoms with Gasteiger partial charge in [-0.15, -0.1) is 0 Å². The Morgan fingerprint density at radius 2 is 1.93 bits per heavy atom. The predicted molar refractivity (Wildman–Crippen MR) is 107 cm³/mol. The van der Waals surface area contributed by atoms with E-state index in [4.69, 9.17) is 0 Å². The van der Waals surface area contributed by atoms with Gasteiger partial charge in [0.2, 0.25) is 0 Å². The Balaban J connectivity index is 1.78. The third kappa shape index (κ3) is 3.37. The van der Waals surface area contributed by atoms with Crippen molar-refractivity contribution in [2.45, 2.75) is 32.6 Å². The van der Waals surface area contributed by atoms with Gasteiger partial charge in [-0.3, -0.25) is 0 Å². The van der Waals surface area contributed by atoms with Crippen LogP contribution in [0, 0.1) is 13.8 Å². The molecule has 0 amide bonds. The fraction of sp³-hybridized carbons (Fsp3) is 0.381. The number of hydrogen-bond acceptors (Lipinski definition) is 4. The molecule has 0 saturated carbocycles. The topological polar surface area (TPSA) is 35.7 Å². The van der Waals surface area contributed by atoms with Gasteiger partial charge >= 0.3 is 11.8 Å². The zero-order valence-electron chi connectivity index (χ0n) is 15.9. The number of nitrogens with zero attached hydrogens (tertiary/aromatic N) is 2. The van der Waals surface area contributed by atoms with Crippen LogP contribution in [-0.2, 0) is 5.72 Å². The zero-order chi connectivity index (χ0) is 19.9. The molecule has 0 fully saturated rings. The fourth-order valence-corrected chi connectivity index (χ4v) is 5.11. The van der Waals surface area contributed by atoms with Crippen LogP contribution in [0.2, 0.25) is 0 Å². The molecule has 0 aromatic heterocycles. The molecule has 2 aliphatic rings. The summed E-state index contributed by atoms with van der Waals surface area (Å²) in [6, 6.07) is 12.5. The van der Waals surface area contributed by atoms with E-state index in [1.807, 2.05) is 30.9 Å². The third-order valence-electron chi connectivity index (χ3n) is 5.18. The molecule has 1 N–H and O–H groups in total. The highest BCUT2D eigenvalue weighted by molar-refractivity contribution is 8.14. The average molecular weight is 405 g/mol. The van der Waals surface area contributed by atoms with Crippen LogP contribution in [0.5, 0.6) is 5.75 Å². The van der Waals surface area contributed by atoms with Gasteiger partial charge in [0.25, 0.3) is 5.72 Å². The van der Waals surface area contributed by atoms with Crippen LogP contribution < -0.4 is 9.64 Å². The largest absolute Gasteiger partial charge is 0.435 e. The van der Waals surface area contributed by atoms with Crippen LogP contribution >= 0.6 is 11.8 Å². The second-order valence-electron chi connectivity index (χ2n) is 7.25. The molecule has 148 valence electrons. The number of rotatable bonds is 4. The molecule has 28 heavy (non-hydrogen) atoms. The Morgan fingerprint density at radius 3 is 2.61 bits per heavy atom. The van der Waals surface area contributed by atoms with E-state index in [0.717, 1.165) is 40.7 Å². The van der Waals surface area contributed by atoms with Crippen LogP contribution in [0.1, 0.15) is 23.1 Å². The third-order valence-corrected chi connectivity index (χ3v) is 6.37. The molecule has 7 heteroatoms. The lowest BCUT2D eigenvalue weighted by atomic mass is 9.99. The lowest BCUT2D eigenvalue weighted by Crippen LogP contribution is -2.47. The molecular weight excluding hydrogens is 382 g/mol. The Labute approximate surface area is 167 Å². The van der Waals surface area contributed by atoms with Crippen molar-refractivity contribution in [1.29, 1.82) is 0 Å². The SMILES string of the molecule is Cc1ccc(N2C3=[N+](CCCS3)C[C@@]2(O)c2ccc(OC(F)F)cc2)c(C)c1. The van der Waals surface area contributed by atoms with Crippen LogP contribution in [0.25, 0.3) is 0 Å². The number of anilines is 1. The quantitative estimate of drug-likeness (QED) is 0.778. The van der Waals surface area contributed by atoms with Crippen molar-refractivity contribution >= 4 is 22.6 Å². The zero-order valence-corrected chi connectivity index (χ0v) is 16.7. The average Bonchev–Trinajstić information content (AvgIpc) is 2.95. The Kier molecular flexibility index (Phi) is 5.05. The van der Waals surface area contributed by atoms with E-state index in [2.05, 4.69) is 15.4 Å². The lowest BCUT2D eigenvalue weighted by molar-refractivity contribution is -0.532. The number of benzene rings is 2. The molecule has 4 rings (SSSR count). The van der Waals surface area contributed by atoms with Gasteiger partial charge in [0.15, 0.2) is 6.54 Å². The Bertz CT molecular complexity index is 917. The van der Waals surface area contributed by atoms with Crippen molar-refractivity contribution < 1.29 is 23.2 Å². The molecule has 0 radical (unpaired) electrons. The molecule has 2 heterocycles. The first-order chi connectivity index (χ1) is 13.4. The summed E-state index contributed by atoms with van der Waals surface area (Å²) in [5.41, 5.74) is 2.56. The smallest absolute Gasteiger partial charge is 0.387 e. The molecule has 0 aliphatic carbocycles. The number of alkyl halides is 2. The molecule has 2 aromatic rings. The lowest BCUT2D eigenvalue weighted by Gasteiger charge is -2.29. The summed E-state index contributed by atoms with van der Waals surface area (Å²) in [5.74, 6) is 1.09. The van der Waals surface area contributed by atoms with Gasteiger partial charge in [0.1, 0.15) is 11.4 Å². The molecule has 4 nitrogen and oxygen atoms in total. The van der Waals surface area contributed by atoms with Gasteiger partial charge in [0, 0.05) is 11.3 Å². The summed E-state index contributed by atoms with van der Waals surface area (Å²) in [6.45, 7) is 2.53. The predicted octanol–water partition coefficient (Wildman–Crippen LogP) is 4.08. The first-order valence-corrected chi connectivity index (χ1v) is 10.3. The minimum atomic E-state index is -2.87. The number of thioether (sulfide) groups is 1. The summed E-state index contributed by atoms with van der Waals surface area (Å²) in [4.78, 5) is 1.99. The number of hydrogen-bond donors (Lipinski definition) is 1. The molecular formula is C21H23F2N2O2S+. The second-order valence-corrected chi connectivity index (χ2v) is 8.31. The maximum absolute atomic E-state index is 12.5. The van der Waals surface area contributed by atoms with E-state index in [-0.39, 0.29) is 5.75 Å². The van der Waals surface area contributed by atoms with E-state index in [0.29, 0.717) is 12.1 Å². The van der Waals surface area contributed by atoms with Gasteiger partial charge in [-0.25, -0.2) is 4.58 Å². The van der Waals surface area contributed by atoms with Crippen molar-refractivity contribution in [3.05, 3.63) is 59.2 Å². The highest BCUT2D eigenvalue weighted by Gasteiger charge is 2.55. The van der Waals surface area contributed by atoms with Gasteiger partial charge < -0.3 is 9.84 Å². The molecule has 0 unspecified atom stereocenters.